The van der Waals surface area contributed by atoms with E-state index in [1.807, 2.05) is 0 Å². The number of ketones is 1. The highest BCUT2D eigenvalue weighted by Gasteiger charge is 2.31. The number of phenols is 1. The molecule has 1 aliphatic rings. The summed E-state index contributed by atoms with van der Waals surface area (Å²) < 4.78 is 40.5. The van der Waals surface area contributed by atoms with Crippen LogP contribution in [0.4, 0.5) is 13.2 Å². The zero-order chi connectivity index (χ0) is 26.7. The van der Waals surface area contributed by atoms with Crippen LogP contribution in [0.15, 0.2) is 46.1 Å². The number of phenolic OH excluding ortho intramolecular Hbond substituents is 1. The molecule has 6 nitrogen and oxygen atoms in total. The lowest BCUT2D eigenvalue weighted by Crippen LogP contribution is -2.33. The Hall–Kier alpha value is -2.53. The van der Waals surface area contributed by atoms with Gasteiger partial charge < -0.3 is 15.2 Å². The van der Waals surface area contributed by atoms with Gasteiger partial charge >= 0.3 is 6.18 Å². The number of nitrogens with one attached hydrogen (secondary N) is 1. The van der Waals surface area contributed by atoms with Crippen LogP contribution in [0.5, 0.6) is 5.75 Å². The van der Waals surface area contributed by atoms with Gasteiger partial charge in [0.25, 0.3) is 5.56 Å². The van der Waals surface area contributed by atoms with Crippen LogP contribution in [0, 0.1) is 0 Å². The van der Waals surface area contributed by atoms with Gasteiger partial charge in [-0.05, 0) is 68.8 Å². The minimum atomic E-state index is -4.62. The molecule has 198 valence electrons. The van der Waals surface area contributed by atoms with E-state index in [1.54, 1.807) is 0 Å². The van der Waals surface area contributed by atoms with Crippen molar-refractivity contribution in [3.05, 3.63) is 57.3 Å². The molecule has 1 atom stereocenters. The predicted molar refractivity (Wildman–Crippen MR) is 138 cm³/mol. The molecule has 2 heterocycles. The topological polar surface area (TPSA) is 93.6 Å². The zero-order valence-electron chi connectivity index (χ0n) is 19.8. The number of aliphatic hydroxyl groups is 1. The molecule has 0 aliphatic carbocycles. The van der Waals surface area contributed by atoms with Crippen molar-refractivity contribution in [3.63, 3.8) is 0 Å². The van der Waals surface area contributed by atoms with Gasteiger partial charge in [0.2, 0.25) is 0 Å². The van der Waals surface area contributed by atoms with E-state index < -0.39 is 17.3 Å². The van der Waals surface area contributed by atoms with Gasteiger partial charge in [0.1, 0.15) is 11.5 Å². The zero-order valence-corrected chi connectivity index (χ0v) is 21.3. The third kappa shape index (κ3) is 6.31. The van der Waals surface area contributed by atoms with Crippen molar-refractivity contribution in [3.8, 4) is 16.9 Å². The highest BCUT2D eigenvalue weighted by Crippen LogP contribution is 2.42. The first-order chi connectivity index (χ1) is 17.6. The molecule has 1 saturated heterocycles. The number of aromatic hydroxyl groups is 1. The average Bonchev–Trinajstić information content (AvgIpc) is 3.30. The summed E-state index contributed by atoms with van der Waals surface area (Å²) in [7, 11) is 0. The number of aromatic amines is 1. The van der Waals surface area contributed by atoms with Crippen LogP contribution in [-0.4, -0.2) is 57.4 Å². The number of rotatable bonds is 9. The molecule has 0 unspecified atom stereocenters. The van der Waals surface area contributed by atoms with Crippen LogP contribution in [0.3, 0.4) is 0 Å². The molecule has 11 heteroatoms. The van der Waals surface area contributed by atoms with Gasteiger partial charge in [-0.25, -0.2) is 0 Å². The van der Waals surface area contributed by atoms with E-state index in [2.05, 4.69) is 9.88 Å². The van der Waals surface area contributed by atoms with Gasteiger partial charge in [0.05, 0.1) is 22.8 Å². The Morgan fingerprint density at radius 3 is 2.73 bits per heavy atom. The maximum Gasteiger partial charge on any atom is 0.416 e. The second kappa shape index (κ2) is 11.5. The van der Waals surface area contributed by atoms with E-state index >= 15 is 0 Å². The quantitative estimate of drug-likeness (QED) is 0.304. The Morgan fingerprint density at radius 2 is 2.00 bits per heavy atom. The van der Waals surface area contributed by atoms with Crippen LogP contribution in [0.2, 0.25) is 5.02 Å². The summed E-state index contributed by atoms with van der Waals surface area (Å²) >= 11 is 7.04. The number of halogens is 4. The molecule has 3 aromatic rings. The molecule has 0 radical (unpaired) electrons. The summed E-state index contributed by atoms with van der Waals surface area (Å²) in [5.74, 6) is -0.439. The first-order valence-corrected chi connectivity index (χ1v) is 13.2. The van der Waals surface area contributed by atoms with Gasteiger partial charge in [-0.15, -0.1) is 11.8 Å². The molecule has 4 rings (SSSR count). The minimum Gasteiger partial charge on any atom is -0.507 e. The van der Waals surface area contributed by atoms with Gasteiger partial charge in [0.15, 0.2) is 0 Å². The Balaban J connectivity index is 1.64. The van der Waals surface area contributed by atoms with Crippen molar-refractivity contribution < 1.29 is 28.2 Å². The number of likely N-dealkylation sites (tertiary alicyclic amines) is 1. The van der Waals surface area contributed by atoms with Crippen molar-refractivity contribution in [2.75, 3.05) is 25.4 Å². The normalized spacial score (nSPS) is 16.5. The summed E-state index contributed by atoms with van der Waals surface area (Å²) in [5, 5.41) is 20.3. The van der Waals surface area contributed by atoms with Crippen molar-refractivity contribution in [2.24, 2.45) is 0 Å². The molecule has 0 saturated carbocycles. The number of alkyl halides is 3. The third-order valence-electron chi connectivity index (χ3n) is 6.51. The average molecular weight is 555 g/mol. The number of hydrogen-bond donors (Lipinski definition) is 3. The second-order valence-corrected chi connectivity index (χ2v) is 10.4. The van der Waals surface area contributed by atoms with Gasteiger partial charge in [-0.2, -0.15) is 13.2 Å². The number of pyridine rings is 1. The van der Waals surface area contributed by atoms with E-state index in [1.165, 1.54) is 24.3 Å². The number of aromatic nitrogens is 1. The molecule has 0 bridgehead atoms. The first-order valence-electron chi connectivity index (χ1n) is 11.8. The molecule has 1 aliphatic heterocycles. The summed E-state index contributed by atoms with van der Waals surface area (Å²) in [5.41, 5.74) is -1.15. The summed E-state index contributed by atoms with van der Waals surface area (Å²) in [6.45, 7) is 1.65. The maximum absolute atomic E-state index is 13.5. The maximum atomic E-state index is 13.5. The second-order valence-electron chi connectivity index (χ2n) is 9.02. The number of H-pyrrole nitrogens is 1. The fourth-order valence-corrected chi connectivity index (χ4v) is 5.83. The molecule has 0 spiro atoms. The molecule has 1 fully saturated rings. The van der Waals surface area contributed by atoms with Gasteiger partial charge in [0, 0.05) is 39.5 Å². The fourth-order valence-electron chi connectivity index (χ4n) is 4.67. The smallest absolute Gasteiger partial charge is 0.416 e. The molecular formula is C26H26ClF3N2O4S. The third-order valence-corrected chi connectivity index (χ3v) is 7.89. The van der Waals surface area contributed by atoms with Crippen molar-refractivity contribution >= 4 is 40.0 Å². The van der Waals surface area contributed by atoms with Crippen LogP contribution in [0.25, 0.3) is 22.0 Å². The standard InChI is InChI=1S/C26H26ClF3N2O4S/c27-16-6-8-22(35)20(12-16)23-19-11-15(26(28,29)30)5-7-21(19)31-25(36)24(23)37-14-18(34)4-2-10-32-9-1-3-17(32)13-33/h5-8,11-12,17,33,35H,1-4,9-10,13-14H2,(H,31,36)/t17-/m0/s1. The van der Waals surface area contributed by atoms with Crippen LogP contribution >= 0.6 is 23.4 Å². The Bertz CT molecular complexity index is 1360. The Morgan fingerprint density at radius 1 is 1.22 bits per heavy atom. The molecular weight excluding hydrogens is 529 g/mol. The van der Waals surface area contributed by atoms with Crippen molar-refractivity contribution in [1.29, 1.82) is 0 Å². The van der Waals surface area contributed by atoms with Crippen LogP contribution < -0.4 is 5.56 Å². The van der Waals surface area contributed by atoms with Gasteiger partial charge in [-0.3, -0.25) is 14.5 Å². The SMILES string of the molecule is O=C(CCCN1CCC[C@H]1CO)CSc1c(-c2cc(Cl)ccc2O)c2cc(C(F)(F)F)ccc2[nH]c1=O. The highest BCUT2D eigenvalue weighted by molar-refractivity contribution is 8.00. The Kier molecular flexibility index (Phi) is 8.52. The number of hydrogen-bond acceptors (Lipinski definition) is 6. The highest BCUT2D eigenvalue weighted by atomic mass is 35.5. The van der Waals surface area contributed by atoms with E-state index in [0.29, 0.717) is 13.0 Å². The molecule has 3 N–H and O–H groups in total. The van der Waals surface area contributed by atoms with Crippen LogP contribution in [0.1, 0.15) is 31.2 Å². The fraction of sp³-hybridized carbons (Fsp3) is 0.385. The number of Topliss-reactive ketones (excluding diaryl/α,β-unsaturated/α-hetero) is 1. The monoisotopic (exact) mass is 554 g/mol. The molecule has 0 amide bonds. The van der Waals surface area contributed by atoms with E-state index in [0.717, 1.165) is 43.3 Å². The van der Waals surface area contributed by atoms with Crippen molar-refractivity contribution in [1.82, 2.24) is 9.88 Å². The largest absolute Gasteiger partial charge is 0.507 e. The van der Waals surface area contributed by atoms with Crippen LogP contribution in [-0.2, 0) is 11.0 Å². The Labute approximate surface area is 220 Å². The number of carbonyl (C=O) groups excluding carboxylic acids is 1. The van der Waals surface area contributed by atoms with E-state index in [-0.39, 0.29) is 68.3 Å². The number of benzene rings is 2. The number of aliphatic hydroxyl groups excluding tert-OH is 1. The van der Waals surface area contributed by atoms with Gasteiger partial charge in [-0.1, -0.05) is 11.6 Å². The minimum absolute atomic E-state index is 0.0256. The summed E-state index contributed by atoms with van der Waals surface area (Å²) in [6.07, 6.45) is -1.81. The molecule has 1 aromatic heterocycles. The lowest BCUT2D eigenvalue weighted by Gasteiger charge is -2.22. The van der Waals surface area contributed by atoms with E-state index in [9.17, 15) is 33.0 Å². The van der Waals surface area contributed by atoms with E-state index in [4.69, 9.17) is 11.6 Å². The van der Waals surface area contributed by atoms with Crippen molar-refractivity contribution in [2.45, 2.75) is 42.8 Å². The number of carbonyl (C=O) groups is 1. The first kappa shape index (κ1) is 27.5. The predicted octanol–water partition coefficient (Wildman–Crippen LogP) is 5.47. The lowest BCUT2D eigenvalue weighted by atomic mass is 9.98. The number of fused-ring (bicyclic) bond motifs is 1. The lowest BCUT2D eigenvalue weighted by molar-refractivity contribution is -0.137. The summed E-state index contributed by atoms with van der Waals surface area (Å²) in [4.78, 5) is 30.5. The number of nitrogens with zero attached hydrogens (tertiary/aromatic N) is 1. The number of thioether (sulfide) groups is 1. The summed E-state index contributed by atoms with van der Waals surface area (Å²) in [6, 6.07) is 7.19. The molecule has 2 aromatic carbocycles. The molecule has 37 heavy (non-hydrogen) atoms.